The van der Waals surface area contributed by atoms with E-state index in [0.29, 0.717) is 12.4 Å². The van der Waals surface area contributed by atoms with Gasteiger partial charge in [-0.3, -0.25) is 0 Å². The van der Waals surface area contributed by atoms with Gasteiger partial charge in [0.2, 0.25) is 0 Å². The third kappa shape index (κ3) is 1.30. The van der Waals surface area contributed by atoms with Gasteiger partial charge in [-0.05, 0) is 0 Å². The summed E-state index contributed by atoms with van der Waals surface area (Å²) in [5, 5.41) is 2.95. The Morgan fingerprint density at radius 2 is 2.50 bits per heavy atom. The number of hydrogen-bond acceptors (Lipinski definition) is 2. The van der Waals surface area contributed by atoms with Gasteiger partial charge in [0.25, 0.3) is 0 Å². The summed E-state index contributed by atoms with van der Waals surface area (Å²) < 4.78 is 1.78. The van der Waals surface area contributed by atoms with Crippen molar-refractivity contribution in [2.24, 2.45) is 0 Å². The van der Waals surface area contributed by atoms with E-state index in [1.165, 1.54) is 0 Å². The zero-order valence-corrected chi connectivity index (χ0v) is 7.06. The predicted octanol–water partition coefficient (Wildman–Crippen LogP) is -0.762. The van der Waals surface area contributed by atoms with E-state index in [0.717, 1.165) is 0 Å². The number of likely N-dealkylation sites (N-methyl/N-ethyl adjacent to an activating group) is 1. The molecule has 0 unspecified atom stereocenters. The van der Waals surface area contributed by atoms with E-state index >= 15 is 0 Å². The summed E-state index contributed by atoms with van der Waals surface area (Å²) in [4.78, 5) is 12.7. The molecule has 53 valence electrons. The Morgan fingerprint density at radius 3 is 2.90 bits per heavy atom. The summed E-state index contributed by atoms with van der Waals surface area (Å²) in [5.41, 5.74) is 0.670. The molecule has 0 aliphatic carbocycles. The van der Waals surface area contributed by atoms with Gasteiger partial charge in [-0.2, -0.15) is 0 Å². The van der Waals surface area contributed by atoms with Crippen LogP contribution in [0.15, 0.2) is 11.8 Å². The van der Waals surface area contributed by atoms with E-state index in [2.05, 4.69) is 22.3 Å². The Morgan fingerprint density at radius 1 is 1.80 bits per heavy atom. The molecule has 1 rings (SSSR count). The molecule has 0 aromatic rings. The van der Waals surface area contributed by atoms with Crippen LogP contribution in [0.1, 0.15) is 0 Å². The third-order valence-electron chi connectivity index (χ3n) is 1.32. The Balaban J connectivity index is 2.75. The summed E-state index contributed by atoms with van der Waals surface area (Å²) in [6, 6.07) is 0. The minimum absolute atomic E-state index is 0.0577. The zero-order chi connectivity index (χ0) is 7.56. The Hall–Kier alpha value is -0.536. The maximum absolute atomic E-state index is 11.1. The molecule has 0 radical (unpaired) electrons. The second-order valence-corrected chi connectivity index (χ2v) is 2.53. The standard InChI is InChI=1S/C6H8N2O.V/c1-3-5-6(9)8(2)4-7-5;/h1,3,7H,4H2,2H3;. The molecule has 1 aliphatic heterocycles. The van der Waals surface area contributed by atoms with E-state index in [4.69, 9.17) is 0 Å². The van der Waals surface area contributed by atoms with Crippen LogP contribution in [0.4, 0.5) is 0 Å². The molecule has 1 saturated heterocycles. The molecule has 0 aromatic heterocycles. The van der Waals surface area contributed by atoms with E-state index in [1.54, 1.807) is 22.8 Å². The van der Waals surface area contributed by atoms with Crippen molar-refractivity contribution in [1.29, 1.82) is 0 Å². The van der Waals surface area contributed by atoms with Crippen LogP contribution in [0, 0.1) is 0 Å². The minimum atomic E-state index is 0.0577. The quantitative estimate of drug-likeness (QED) is 0.531. The Kier molecular flexibility index (Phi) is 2.30. The fraction of sp³-hybridized carbons (Fsp3) is 0.333. The predicted molar refractivity (Wildman–Crippen MR) is 34.9 cm³/mol. The molecule has 0 saturated carbocycles. The second-order valence-electron chi connectivity index (χ2n) is 2.07. The Bertz CT molecular complexity index is 200. The van der Waals surface area contributed by atoms with Crippen molar-refractivity contribution >= 4 is 10.6 Å². The van der Waals surface area contributed by atoms with Crippen LogP contribution < -0.4 is 5.32 Å². The molecule has 3 nitrogen and oxygen atoms in total. The third-order valence-corrected chi connectivity index (χ3v) is 1.56. The van der Waals surface area contributed by atoms with Crippen molar-refractivity contribution in [3.63, 3.8) is 0 Å². The van der Waals surface area contributed by atoms with Gasteiger partial charge >= 0.3 is 68.1 Å². The molecule has 4 heteroatoms. The van der Waals surface area contributed by atoms with Gasteiger partial charge in [-0.1, -0.05) is 0 Å². The summed E-state index contributed by atoms with van der Waals surface area (Å²) in [6.07, 6.45) is 1.76. The molecular formula is C6H8N2OV. The number of carbonyl (C=O) groups is 1. The normalized spacial score (nSPS) is 21.4. The SMILES string of the molecule is CN1CNC(=C[CH]=[V])C1=O. The summed E-state index contributed by atoms with van der Waals surface area (Å²) >= 11 is 2.29. The van der Waals surface area contributed by atoms with Crippen molar-refractivity contribution in [3.05, 3.63) is 11.8 Å². The fourth-order valence-corrected chi connectivity index (χ4v) is 0.994. The van der Waals surface area contributed by atoms with Crippen LogP contribution in [0.5, 0.6) is 0 Å². The van der Waals surface area contributed by atoms with Crippen LogP contribution in [-0.4, -0.2) is 29.3 Å². The van der Waals surface area contributed by atoms with Gasteiger partial charge < -0.3 is 0 Å². The number of hydrogen-bond donors (Lipinski definition) is 1. The van der Waals surface area contributed by atoms with Gasteiger partial charge in [-0.25, -0.2) is 0 Å². The Labute approximate surface area is 68.6 Å². The van der Waals surface area contributed by atoms with E-state index in [9.17, 15) is 4.79 Å². The van der Waals surface area contributed by atoms with Crippen molar-refractivity contribution in [3.8, 4) is 0 Å². The zero-order valence-electron chi connectivity index (χ0n) is 5.66. The van der Waals surface area contributed by atoms with Crippen LogP contribution in [-0.2, 0) is 21.8 Å². The topological polar surface area (TPSA) is 32.3 Å². The maximum atomic E-state index is 11.1. The molecular weight excluding hydrogens is 167 g/mol. The average molecular weight is 175 g/mol. The number of allylic oxidation sites excluding steroid dienone is 1. The second kappa shape index (κ2) is 3.04. The first-order valence-electron chi connectivity index (χ1n) is 2.92. The van der Waals surface area contributed by atoms with Crippen molar-refractivity contribution in [2.45, 2.75) is 0 Å². The molecule has 0 aromatic carbocycles. The van der Waals surface area contributed by atoms with Crippen LogP contribution in [0.3, 0.4) is 0 Å². The van der Waals surface area contributed by atoms with Crippen molar-refractivity contribution in [1.82, 2.24) is 10.2 Å². The molecule has 10 heavy (non-hydrogen) atoms. The summed E-state index contributed by atoms with van der Waals surface area (Å²) in [5.74, 6) is 0.0577. The van der Waals surface area contributed by atoms with Crippen LogP contribution >= 0.6 is 0 Å². The van der Waals surface area contributed by atoms with Crippen molar-refractivity contribution in [2.75, 3.05) is 13.7 Å². The number of rotatable bonds is 1. The van der Waals surface area contributed by atoms with Gasteiger partial charge in [0.15, 0.2) is 0 Å². The van der Waals surface area contributed by atoms with Crippen LogP contribution in [0.25, 0.3) is 0 Å². The first-order valence-corrected chi connectivity index (χ1v) is 3.73. The van der Waals surface area contributed by atoms with Gasteiger partial charge in [-0.15, -0.1) is 0 Å². The van der Waals surface area contributed by atoms with Gasteiger partial charge in [0, 0.05) is 0 Å². The summed E-state index contributed by atoms with van der Waals surface area (Å²) in [7, 11) is 1.76. The molecule has 1 heterocycles. The molecule has 1 N–H and O–H groups in total. The molecule has 0 atom stereocenters. The number of carbonyl (C=O) groups excluding carboxylic acids is 1. The summed E-state index contributed by atoms with van der Waals surface area (Å²) in [6.45, 7) is 0.617. The van der Waals surface area contributed by atoms with Crippen LogP contribution in [0.2, 0.25) is 0 Å². The molecule has 1 fully saturated rings. The number of amides is 1. The van der Waals surface area contributed by atoms with Gasteiger partial charge in [0.1, 0.15) is 0 Å². The van der Waals surface area contributed by atoms with E-state index in [1.807, 2.05) is 0 Å². The van der Waals surface area contributed by atoms with E-state index < -0.39 is 0 Å². The van der Waals surface area contributed by atoms with Gasteiger partial charge in [0.05, 0.1) is 0 Å². The monoisotopic (exact) mass is 175 g/mol. The first kappa shape index (κ1) is 7.57. The number of nitrogens with one attached hydrogen (secondary N) is 1. The molecule has 1 aliphatic rings. The fourth-order valence-electron chi connectivity index (χ4n) is 0.762. The molecule has 1 amide bonds. The molecule has 0 bridgehead atoms. The average Bonchev–Trinajstić information content (AvgIpc) is 2.20. The molecule has 0 spiro atoms. The first-order chi connectivity index (χ1) is 4.75. The van der Waals surface area contributed by atoms with E-state index in [-0.39, 0.29) is 5.91 Å². The number of nitrogens with zero attached hydrogens (tertiary/aromatic N) is 1. The van der Waals surface area contributed by atoms with Crippen molar-refractivity contribution < 1.29 is 21.8 Å².